The van der Waals surface area contributed by atoms with Crippen molar-refractivity contribution < 1.29 is 0 Å². The maximum atomic E-state index is 5.89. The number of halogens is 1. The smallest absolute Gasteiger partial charge is 0.126 e. The van der Waals surface area contributed by atoms with Crippen LogP contribution in [0.25, 0.3) is 0 Å². The molecule has 5 heteroatoms. The van der Waals surface area contributed by atoms with Crippen molar-refractivity contribution in [3.63, 3.8) is 0 Å². The number of rotatable bonds is 8. The molecule has 1 saturated heterocycles. The fourth-order valence-corrected chi connectivity index (χ4v) is 3.61. The number of anilines is 2. The average molecular weight is 373 g/mol. The molecule has 0 radical (unpaired) electrons. The summed E-state index contributed by atoms with van der Waals surface area (Å²) in [5.41, 5.74) is 2.47. The van der Waals surface area contributed by atoms with Crippen molar-refractivity contribution in [3.8, 4) is 0 Å². The number of piperidine rings is 1. The number of pyridine rings is 1. The zero-order valence-corrected chi connectivity index (χ0v) is 16.3. The second-order valence-corrected chi connectivity index (χ2v) is 7.47. The Bertz CT molecular complexity index is 666. The Morgan fingerprint density at radius 3 is 2.65 bits per heavy atom. The van der Waals surface area contributed by atoms with Gasteiger partial charge >= 0.3 is 0 Å². The topological polar surface area (TPSA) is 40.2 Å². The third kappa shape index (κ3) is 5.61. The van der Waals surface area contributed by atoms with Crippen LogP contribution in [0.1, 0.15) is 31.7 Å². The lowest BCUT2D eigenvalue weighted by Crippen LogP contribution is -2.36. The van der Waals surface area contributed by atoms with Gasteiger partial charge in [0.2, 0.25) is 0 Å². The quantitative estimate of drug-likeness (QED) is 0.692. The fraction of sp³-hybridized carbons (Fsp3) is 0.476. The molecule has 0 atom stereocenters. The van der Waals surface area contributed by atoms with E-state index < -0.39 is 0 Å². The van der Waals surface area contributed by atoms with Crippen molar-refractivity contribution in [2.45, 2.75) is 32.7 Å². The number of hydrogen-bond acceptors (Lipinski definition) is 4. The van der Waals surface area contributed by atoms with Crippen LogP contribution >= 0.6 is 11.6 Å². The number of nitrogens with zero attached hydrogens (tertiary/aromatic N) is 2. The number of hydrogen-bond donors (Lipinski definition) is 2. The molecule has 0 unspecified atom stereocenters. The molecule has 0 spiro atoms. The molecule has 0 saturated carbocycles. The minimum atomic E-state index is 0.655. The van der Waals surface area contributed by atoms with Gasteiger partial charge in [-0.15, -0.1) is 0 Å². The Hall–Kier alpha value is -1.78. The monoisotopic (exact) mass is 372 g/mol. The molecule has 1 aromatic heterocycles. The van der Waals surface area contributed by atoms with Crippen LogP contribution in [0.3, 0.4) is 0 Å². The molecule has 2 aromatic rings. The van der Waals surface area contributed by atoms with Gasteiger partial charge in [0.05, 0.1) is 5.02 Å². The van der Waals surface area contributed by atoms with Crippen molar-refractivity contribution in [2.75, 3.05) is 36.8 Å². The van der Waals surface area contributed by atoms with Gasteiger partial charge in [-0.05, 0) is 68.6 Å². The average Bonchev–Trinajstić information content (AvgIpc) is 2.68. The summed E-state index contributed by atoms with van der Waals surface area (Å²) < 4.78 is 0. The first-order valence-corrected chi connectivity index (χ1v) is 10.0. The number of aromatic nitrogens is 1. The molecule has 1 fully saturated rings. The first kappa shape index (κ1) is 19.0. The van der Waals surface area contributed by atoms with E-state index in [1.807, 2.05) is 12.1 Å². The zero-order chi connectivity index (χ0) is 18.2. The second-order valence-electron chi connectivity index (χ2n) is 7.04. The van der Waals surface area contributed by atoms with Gasteiger partial charge in [0.15, 0.2) is 0 Å². The van der Waals surface area contributed by atoms with E-state index >= 15 is 0 Å². The minimum Gasteiger partial charge on any atom is -0.384 e. The standard InChI is InChI=1S/C21H29ClN4/c1-2-11-26-12-9-17(10-13-26)14-23-20-6-4-3-5-18(20)15-24-21-8-7-19(22)16-25-21/h3-8,16-17,23H,2,9-15H2,1H3,(H,24,25). The SMILES string of the molecule is CCCN1CCC(CNc2ccccc2CNc2ccc(Cl)cn2)CC1. The maximum absolute atomic E-state index is 5.89. The van der Waals surface area contributed by atoms with Gasteiger partial charge in [0, 0.05) is 25.0 Å². The highest BCUT2D eigenvalue weighted by Crippen LogP contribution is 2.21. The lowest BCUT2D eigenvalue weighted by atomic mass is 9.96. The molecule has 1 aliphatic rings. The predicted molar refractivity (Wildman–Crippen MR) is 111 cm³/mol. The van der Waals surface area contributed by atoms with E-state index in [1.165, 1.54) is 50.1 Å². The van der Waals surface area contributed by atoms with E-state index in [1.54, 1.807) is 6.20 Å². The van der Waals surface area contributed by atoms with Crippen molar-refractivity contribution >= 4 is 23.1 Å². The van der Waals surface area contributed by atoms with E-state index in [0.29, 0.717) is 5.02 Å². The van der Waals surface area contributed by atoms with Crippen LogP contribution in [0.15, 0.2) is 42.6 Å². The predicted octanol–water partition coefficient (Wildman–Crippen LogP) is 4.88. The van der Waals surface area contributed by atoms with Crippen molar-refractivity contribution in [1.29, 1.82) is 0 Å². The summed E-state index contributed by atoms with van der Waals surface area (Å²) in [7, 11) is 0. The first-order chi connectivity index (χ1) is 12.7. The van der Waals surface area contributed by atoms with Crippen LogP contribution in [0, 0.1) is 5.92 Å². The molecule has 2 heterocycles. The third-order valence-corrected chi connectivity index (χ3v) is 5.26. The molecular formula is C21H29ClN4. The highest BCUT2D eigenvalue weighted by Gasteiger charge is 2.18. The van der Waals surface area contributed by atoms with E-state index in [4.69, 9.17) is 11.6 Å². The summed E-state index contributed by atoms with van der Waals surface area (Å²) in [4.78, 5) is 6.89. The van der Waals surface area contributed by atoms with Crippen LogP contribution in [0.2, 0.25) is 5.02 Å². The molecule has 1 aliphatic heterocycles. The van der Waals surface area contributed by atoms with E-state index in [2.05, 4.69) is 51.7 Å². The normalized spacial score (nSPS) is 15.8. The number of benzene rings is 1. The summed E-state index contributed by atoms with van der Waals surface area (Å²) in [6.45, 7) is 7.78. The summed E-state index contributed by atoms with van der Waals surface area (Å²) in [6.07, 6.45) is 5.51. The van der Waals surface area contributed by atoms with Gasteiger partial charge in [-0.3, -0.25) is 0 Å². The third-order valence-electron chi connectivity index (χ3n) is 5.03. The lowest BCUT2D eigenvalue weighted by molar-refractivity contribution is 0.190. The molecule has 140 valence electrons. The molecule has 2 N–H and O–H groups in total. The summed E-state index contributed by atoms with van der Waals surface area (Å²) in [6, 6.07) is 12.3. The Labute approximate surface area is 162 Å². The highest BCUT2D eigenvalue weighted by atomic mass is 35.5. The summed E-state index contributed by atoms with van der Waals surface area (Å²) in [5, 5.41) is 7.70. The van der Waals surface area contributed by atoms with Crippen molar-refractivity contribution in [2.24, 2.45) is 5.92 Å². The van der Waals surface area contributed by atoms with Crippen LogP contribution in [-0.4, -0.2) is 36.1 Å². The number of likely N-dealkylation sites (tertiary alicyclic amines) is 1. The van der Waals surface area contributed by atoms with Crippen molar-refractivity contribution in [3.05, 3.63) is 53.2 Å². The molecular weight excluding hydrogens is 344 g/mol. The van der Waals surface area contributed by atoms with Crippen LogP contribution < -0.4 is 10.6 Å². The highest BCUT2D eigenvalue weighted by molar-refractivity contribution is 6.30. The first-order valence-electron chi connectivity index (χ1n) is 9.64. The molecule has 0 amide bonds. The number of nitrogens with one attached hydrogen (secondary N) is 2. The Balaban J connectivity index is 1.50. The molecule has 26 heavy (non-hydrogen) atoms. The Kier molecular flexibility index (Phi) is 7.15. The second kappa shape index (κ2) is 9.79. The summed E-state index contributed by atoms with van der Waals surface area (Å²) >= 11 is 5.89. The Morgan fingerprint density at radius 1 is 1.12 bits per heavy atom. The molecule has 4 nitrogen and oxygen atoms in total. The fourth-order valence-electron chi connectivity index (χ4n) is 3.50. The van der Waals surface area contributed by atoms with E-state index in [0.717, 1.165) is 24.8 Å². The minimum absolute atomic E-state index is 0.655. The zero-order valence-electron chi connectivity index (χ0n) is 15.5. The van der Waals surface area contributed by atoms with Crippen LogP contribution in [0.4, 0.5) is 11.5 Å². The largest absolute Gasteiger partial charge is 0.384 e. The summed E-state index contributed by atoms with van der Waals surface area (Å²) in [5.74, 6) is 1.61. The molecule has 0 aliphatic carbocycles. The van der Waals surface area contributed by atoms with Crippen molar-refractivity contribution in [1.82, 2.24) is 9.88 Å². The molecule has 1 aromatic carbocycles. The van der Waals surface area contributed by atoms with Gasteiger partial charge < -0.3 is 15.5 Å². The van der Waals surface area contributed by atoms with Crippen LogP contribution in [0.5, 0.6) is 0 Å². The van der Waals surface area contributed by atoms with Crippen LogP contribution in [-0.2, 0) is 6.54 Å². The van der Waals surface area contributed by atoms with Gasteiger partial charge in [-0.1, -0.05) is 36.7 Å². The van der Waals surface area contributed by atoms with E-state index in [-0.39, 0.29) is 0 Å². The number of para-hydroxylation sites is 1. The van der Waals surface area contributed by atoms with Gasteiger partial charge in [-0.2, -0.15) is 0 Å². The molecule has 0 bridgehead atoms. The maximum Gasteiger partial charge on any atom is 0.126 e. The van der Waals surface area contributed by atoms with Gasteiger partial charge in [0.1, 0.15) is 5.82 Å². The Morgan fingerprint density at radius 2 is 1.92 bits per heavy atom. The van der Waals surface area contributed by atoms with E-state index in [9.17, 15) is 0 Å². The lowest BCUT2D eigenvalue weighted by Gasteiger charge is -2.32. The molecule has 3 rings (SSSR count). The van der Waals surface area contributed by atoms with Gasteiger partial charge in [0.25, 0.3) is 0 Å². The van der Waals surface area contributed by atoms with Gasteiger partial charge in [-0.25, -0.2) is 4.98 Å².